The molecule has 4 nitrogen and oxygen atoms in total. The van der Waals surface area contributed by atoms with Crippen molar-refractivity contribution in [2.75, 3.05) is 12.8 Å². The lowest BCUT2D eigenvalue weighted by Crippen LogP contribution is -2.34. The van der Waals surface area contributed by atoms with Gasteiger partial charge in [0.05, 0.1) is 5.75 Å². The van der Waals surface area contributed by atoms with Gasteiger partial charge < -0.3 is 5.11 Å². The summed E-state index contributed by atoms with van der Waals surface area (Å²) in [6.45, 7) is 1.88. The molecule has 0 bridgehead atoms. The van der Waals surface area contributed by atoms with Gasteiger partial charge in [-0.05, 0) is 43.4 Å². The number of rotatable bonds is 5. The van der Waals surface area contributed by atoms with Gasteiger partial charge in [0.1, 0.15) is 5.75 Å². The highest BCUT2D eigenvalue weighted by Crippen LogP contribution is 2.28. The predicted octanol–water partition coefficient (Wildman–Crippen LogP) is 3.30. The van der Waals surface area contributed by atoms with Crippen molar-refractivity contribution in [1.29, 1.82) is 0 Å². The van der Waals surface area contributed by atoms with Crippen LogP contribution in [0.15, 0.2) is 24.3 Å². The first kappa shape index (κ1) is 16.3. The molecule has 5 heteroatoms. The summed E-state index contributed by atoms with van der Waals surface area (Å²) in [5.41, 5.74) is 0.891. The van der Waals surface area contributed by atoms with Gasteiger partial charge >= 0.3 is 0 Å². The third-order valence-corrected chi connectivity index (χ3v) is 6.62. The number of benzene rings is 1. The van der Waals surface area contributed by atoms with Gasteiger partial charge in [-0.3, -0.25) is 0 Å². The summed E-state index contributed by atoms with van der Waals surface area (Å²) in [6, 6.07) is 6.50. The van der Waals surface area contributed by atoms with Crippen LogP contribution in [-0.2, 0) is 10.0 Å². The summed E-state index contributed by atoms with van der Waals surface area (Å²) < 4.78 is 26.6. The van der Waals surface area contributed by atoms with E-state index in [-0.39, 0.29) is 17.5 Å². The largest absolute Gasteiger partial charge is 0.508 e. The van der Waals surface area contributed by atoms with E-state index in [2.05, 4.69) is 0 Å². The van der Waals surface area contributed by atoms with Gasteiger partial charge in [0.15, 0.2) is 0 Å². The number of sulfonamides is 1. The SMILES string of the molecule is CC(c1ccc(O)cc1)N(C)S(=O)(=O)CC1CCCCC1. The summed E-state index contributed by atoms with van der Waals surface area (Å²) in [6.07, 6.45) is 5.59. The first-order chi connectivity index (χ1) is 9.90. The van der Waals surface area contributed by atoms with Crippen molar-refractivity contribution in [3.8, 4) is 5.75 Å². The van der Waals surface area contributed by atoms with E-state index in [1.807, 2.05) is 6.92 Å². The lowest BCUT2D eigenvalue weighted by Gasteiger charge is -2.28. The van der Waals surface area contributed by atoms with E-state index in [0.29, 0.717) is 5.92 Å². The van der Waals surface area contributed by atoms with Crippen LogP contribution in [-0.4, -0.2) is 30.6 Å². The second-order valence-corrected chi connectivity index (χ2v) is 8.14. The van der Waals surface area contributed by atoms with E-state index < -0.39 is 10.0 Å². The van der Waals surface area contributed by atoms with Crippen LogP contribution in [0.2, 0.25) is 0 Å². The summed E-state index contributed by atoms with van der Waals surface area (Å²) in [4.78, 5) is 0. The minimum atomic E-state index is -3.25. The first-order valence-electron chi connectivity index (χ1n) is 7.65. The Morgan fingerprint density at radius 1 is 1.19 bits per heavy atom. The Morgan fingerprint density at radius 2 is 1.76 bits per heavy atom. The summed E-state index contributed by atoms with van der Waals surface area (Å²) >= 11 is 0. The predicted molar refractivity (Wildman–Crippen MR) is 84.6 cm³/mol. The third kappa shape index (κ3) is 4.20. The molecule has 2 rings (SSSR count). The second-order valence-electron chi connectivity index (χ2n) is 6.07. The molecule has 0 amide bonds. The van der Waals surface area contributed by atoms with Gasteiger partial charge in [0, 0.05) is 13.1 Å². The van der Waals surface area contributed by atoms with Crippen LogP contribution in [0.25, 0.3) is 0 Å². The van der Waals surface area contributed by atoms with Crippen LogP contribution in [0.1, 0.15) is 50.6 Å². The summed E-state index contributed by atoms with van der Waals surface area (Å²) in [7, 11) is -1.60. The molecule has 1 aliphatic carbocycles. The molecule has 1 aromatic carbocycles. The van der Waals surface area contributed by atoms with Gasteiger partial charge in [0.25, 0.3) is 0 Å². The lowest BCUT2D eigenvalue weighted by atomic mass is 9.91. The van der Waals surface area contributed by atoms with Crippen molar-refractivity contribution >= 4 is 10.0 Å². The second kappa shape index (κ2) is 6.79. The minimum Gasteiger partial charge on any atom is -0.508 e. The van der Waals surface area contributed by atoms with Gasteiger partial charge in [-0.1, -0.05) is 31.4 Å². The van der Waals surface area contributed by atoms with Crippen molar-refractivity contribution in [2.24, 2.45) is 5.92 Å². The molecule has 118 valence electrons. The molecule has 0 heterocycles. The molecule has 1 atom stereocenters. The Balaban J connectivity index is 2.05. The Bertz CT molecular complexity index is 547. The van der Waals surface area contributed by atoms with Crippen LogP contribution >= 0.6 is 0 Å². The molecule has 1 fully saturated rings. The Hall–Kier alpha value is -1.07. The molecule has 1 N–H and O–H groups in total. The summed E-state index contributed by atoms with van der Waals surface area (Å²) in [5, 5.41) is 9.32. The fourth-order valence-electron chi connectivity index (χ4n) is 2.97. The standard InChI is InChI=1S/C16H25NO3S/c1-13(15-8-10-16(18)11-9-15)17(2)21(19,20)12-14-6-4-3-5-7-14/h8-11,13-14,18H,3-7,12H2,1-2H3. The molecule has 21 heavy (non-hydrogen) atoms. The molecule has 1 unspecified atom stereocenters. The molecule has 0 saturated heterocycles. The Kier molecular flexibility index (Phi) is 5.27. The number of nitrogens with zero attached hydrogens (tertiary/aromatic N) is 1. The van der Waals surface area contributed by atoms with Crippen LogP contribution < -0.4 is 0 Å². The van der Waals surface area contributed by atoms with Crippen LogP contribution in [0, 0.1) is 5.92 Å². The molecule has 0 aliphatic heterocycles. The van der Waals surface area contributed by atoms with E-state index in [0.717, 1.165) is 31.2 Å². The third-order valence-electron chi connectivity index (χ3n) is 4.53. The molecule has 0 radical (unpaired) electrons. The quantitative estimate of drug-likeness (QED) is 0.907. The normalized spacial score (nSPS) is 18.8. The monoisotopic (exact) mass is 311 g/mol. The van der Waals surface area contributed by atoms with Crippen molar-refractivity contribution in [1.82, 2.24) is 4.31 Å². The lowest BCUT2D eigenvalue weighted by molar-refractivity contribution is 0.360. The minimum absolute atomic E-state index is 0.193. The molecule has 0 spiro atoms. The highest BCUT2D eigenvalue weighted by Gasteiger charge is 2.28. The molecule has 0 aromatic heterocycles. The number of hydrogen-bond acceptors (Lipinski definition) is 3. The molecule has 1 aliphatic rings. The maximum Gasteiger partial charge on any atom is 0.214 e. The van der Waals surface area contributed by atoms with Gasteiger partial charge in [0.2, 0.25) is 10.0 Å². The zero-order valence-electron chi connectivity index (χ0n) is 12.8. The average molecular weight is 311 g/mol. The van der Waals surface area contributed by atoms with E-state index in [9.17, 15) is 13.5 Å². The topological polar surface area (TPSA) is 57.6 Å². The van der Waals surface area contributed by atoms with E-state index in [4.69, 9.17) is 0 Å². The average Bonchev–Trinajstić information content (AvgIpc) is 2.47. The number of aromatic hydroxyl groups is 1. The van der Waals surface area contributed by atoms with Gasteiger partial charge in [-0.2, -0.15) is 4.31 Å². The molecule has 1 aromatic rings. The maximum absolute atomic E-state index is 12.6. The highest BCUT2D eigenvalue weighted by atomic mass is 32.2. The number of phenols is 1. The van der Waals surface area contributed by atoms with Gasteiger partial charge in [-0.25, -0.2) is 8.42 Å². The number of phenolic OH excluding ortho intramolecular Hbond substituents is 1. The summed E-state index contributed by atoms with van der Waals surface area (Å²) in [5.74, 6) is 0.753. The number of hydrogen-bond donors (Lipinski definition) is 1. The zero-order valence-corrected chi connectivity index (χ0v) is 13.6. The molecule has 1 saturated carbocycles. The van der Waals surface area contributed by atoms with E-state index in [1.54, 1.807) is 31.3 Å². The fourth-order valence-corrected chi connectivity index (χ4v) is 4.74. The van der Waals surface area contributed by atoms with Crippen molar-refractivity contribution in [2.45, 2.75) is 45.1 Å². The Labute approximate surface area is 127 Å². The van der Waals surface area contributed by atoms with E-state index in [1.165, 1.54) is 10.7 Å². The zero-order chi connectivity index (χ0) is 15.5. The van der Waals surface area contributed by atoms with E-state index >= 15 is 0 Å². The molecular formula is C16H25NO3S. The molecular weight excluding hydrogens is 286 g/mol. The Morgan fingerprint density at radius 3 is 2.33 bits per heavy atom. The van der Waals surface area contributed by atoms with Crippen LogP contribution in [0.5, 0.6) is 5.75 Å². The fraction of sp³-hybridized carbons (Fsp3) is 0.625. The van der Waals surface area contributed by atoms with Crippen LogP contribution in [0.4, 0.5) is 0 Å². The van der Waals surface area contributed by atoms with Crippen molar-refractivity contribution in [3.63, 3.8) is 0 Å². The first-order valence-corrected chi connectivity index (χ1v) is 9.25. The maximum atomic E-state index is 12.6. The van der Waals surface area contributed by atoms with Gasteiger partial charge in [-0.15, -0.1) is 0 Å². The van der Waals surface area contributed by atoms with Crippen molar-refractivity contribution < 1.29 is 13.5 Å². The van der Waals surface area contributed by atoms with Crippen molar-refractivity contribution in [3.05, 3.63) is 29.8 Å². The van der Waals surface area contributed by atoms with Crippen LogP contribution in [0.3, 0.4) is 0 Å². The smallest absolute Gasteiger partial charge is 0.214 e. The highest BCUT2D eigenvalue weighted by molar-refractivity contribution is 7.89.